The Morgan fingerprint density at radius 3 is 2.27 bits per heavy atom. The highest BCUT2D eigenvalue weighted by Crippen LogP contribution is 2.37. The standard InChI is InChI=1S/C14H10P/c1-2-6-11(7-3-1)14-10-12-8-4-5-9-13(12)15-14/h1-10H/q-1. The van der Waals surface area contributed by atoms with Crippen molar-refractivity contribution in [2.75, 3.05) is 0 Å². The van der Waals surface area contributed by atoms with Crippen LogP contribution in [0.15, 0.2) is 60.7 Å². The van der Waals surface area contributed by atoms with Gasteiger partial charge in [-0.2, -0.15) is 10.4 Å². The molecule has 15 heavy (non-hydrogen) atoms. The molecule has 0 aliphatic rings. The SMILES string of the molecule is c1ccc(-c2cc3ccccc3[p-]2)cc1. The number of hydrogen-bond donors (Lipinski definition) is 0. The summed E-state index contributed by atoms with van der Waals surface area (Å²) in [5.41, 5.74) is 1.33. The van der Waals surface area contributed by atoms with Crippen molar-refractivity contribution in [2.45, 2.75) is 0 Å². The molecule has 3 aromatic rings. The molecule has 0 N–H and O–H groups in total. The molecule has 1 aromatic heterocycles. The molecule has 0 aliphatic carbocycles. The Bertz CT molecular complexity index is 545. The number of benzene rings is 2. The fraction of sp³-hybridized carbons (Fsp3) is 0. The zero-order valence-electron chi connectivity index (χ0n) is 8.22. The van der Waals surface area contributed by atoms with E-state index >= 15 is 0 Å². The second-order valence-corrected chi connectivity index (χ2v) is 4.75. The highest BCUT2D eigenvalue weighted by atomic mass is 31.0. The maximum Gasteiger partial charge on any atom is -0.0500 e. The molecular weight excluding hydrogens is 199 g/mol. The van der Waals surface area contributed by atoms with Crippen LogP contribution in [0, 0.1) is 0 Å². The summed E-state index contributed by atoms with van der Waals surface area (Å²) in [6.45, 7) is 0. The fourth-order valence-corrected chi connectivity index (χ4v) is 2.95. The van der Waals surface area contributed by atoms with Crippen LogP contribution in [0.2, 0.25) is 0 Å². The summed E-state index contributed by atoms with van der Waals surface area (Å²) in [6, 6.07) is 21.4. The van der Waals surface area contributed by atoms with Gasteiger partial charge < -0.3 is 8.19 Å². The molecule has 0 amide bonds. The second-order valence-electron chi connectivity index (χ2n) is 3.57. The van der Waals surface area contributed by atoms with Crippen molar-refractivity contribution in [3.8, 4) is 10.9 Å². The molecule has 2 aromatic carbocycles. The van der Waals surface area contributed by atoms with Crippen molar-refractivity contribution in [1.82, 2.24) is 0 Å². The van der Waals surface area contributed by atoms with Crippen molar-refractivity contribution in [2.24, 2.45) is 0 Å². The summed E-state index contributed by atoms with van der Waals surface area (Å²) in [4.78, 5) is 0. The maximum atomic E-state index is 2.28. The first-order valence-corrected chi connectivity index (χ1v) is 5.91. The lowest BCUT2D eigenvalue weighted by atomic mass is 10.2. The molecule has 72 valence electrons. The van der Waals surface area contributed by atoms with Gasteiger partial charge >= 0.3 is 0 Å². The first kappa shape index (κ1) is 8.76. The molecule has 1 heteroatoms. The highest BCUT2D eigenvalue weighted by molar-refractivity contribution is 7.40. The van der Waals surface area contributed by atoms with Crippen molar-refractivity contribution < 1.29 is 0 Å². The van der Waals surface area contributed by atoms with Crippen molar-refractivity contribution in [1.29, 1.82) is 0 Å². The van der Waals surface area contributed by atoms with E-state index in [1.165, 1.54) is 29.6 Å². The maximum absolute atomic E-state index is 2.28. The molecule has 0 radical (unpaired) electrons. The van der Waals surface area contributed by atoms with Crippen LogP contribution in [0.25, 0.3) is 21.4 Å². The molecule has 0 fully saturated rings. The average Bonchev–Trinajstić information content (AvgIpc) is 2.74. The summed E-state index contributed by atoms with van der Waals surface area (Å²) < 4.78 is 0. The van der Waals surface area contributed by atoms with E-state index in [0.29, 0.717) is 0 Å². The van der Waals surface area contributed by atoms with Gasteiger partial charge in [-0.25, -0.2) is 0 Å². The van der Waals surface area contributed by atoms with E-state index < -0.39 is 0 Å². The van der Waals surface area contributed by atoms with E-state index in [0.717, 1.165) is 0 Å². The van der Waals surface area contributed by atoms with Crippen molar-refractivity contribution in [3.05, 3.63) is 60.7 Å². The predicted octanol–water partition coefficient (Wildman–Crippen LogP) is 4.81. The summed E-state index contributed by atoms with van der Waals surface area (Å²) in [6.07, 6.45) is 0. The highest BCUT2D eigenvalue weighted by Gasteiger charge is 1.91. The smallest absolute Gasteiger partial charge is 0.0500 e. The minimum atomic E-state index is 1.33. The summed E-state index contributed by atoms with van der Waals surface area (Å²) >= 11 is 0. The molecule has 0 atom stereocenters. The second kappa shape index (κ2) is 3.56. The Balaban J connectivity index is 2.21. The Morgan fingerprint density at radius 2 is 1.47 bits per heavy atom. The van der Waals surface area contributed by atoms with Crippen LogP contribution < -0.4 is 0 Å². The first-order chi connectivity index (χ1) is 7.43. The minimum absolute atomic E-state index is 1.33. The zero-order chi connectivity index (χ0) is 10.1. The van der Waals surface area contributed by atoms with Gasteiger partial charge in [-0.05, 0) is 5.56 Å². The normalized spacial score (nSPS) is 11.2. The quantitative estimate of drug-likeness (QED) is 0.539. The van der Waals surface area contributed by atoms with Gasteiger partial charge in [-0.3, -0.25) is 0 Å². The van der Waals surface area contributed by atoms with Crippen LogP contribution in [0.1, 0.15) is 0 Å². The van der Waals surface area contributed by atoms with Crippen LogP contribution in [0.4, 0.5) is 0 Å². The molecular formula is C14H10P-. The van der Waals surface area contributed by atoms with E-state index in [-0.39, 0.29) is 0 Å². The summed E-state index contributed by atoms with van der Waals surface area (Å²) in [7, 11) is 1.33. The minimum Gasteiger partial charge on any atom is -0.514 e. The van der Waals surface area contributed by atoms with Gasteiger partial charge in [-0.1, -0.05) is 66.0 Å². The zero-order valence-corrected chi connectivity index (χ0v) is 9.12. The van der Waals surface area contributed by atoms with Gasteiger partial charge in [0.2, 0.25) is 0 Å². The molecule has 0 nitrogen and oxygen atoms in total. The van der Waals surface area contributed by atoms with Gasteiger partial charge in [0, 0.05) is 0 Å². The number of hydrogen-bond acceptors (Lipinski definition) is 0. The fourth-order valence-electron chi connectivity index (χ4n) is 1.78. The Labute approximate surface area is 90.7 Å². The third kappa shape index (κ3) is 1.58. The monoisotopic (exact) mass is 209 g/mol. The number of fused-ring (bicyclic) bond motifs is 1. The molecule has 0 saturated carbocycles. The van der Waals surface area contributed by atoms with Gasteiger partial charge in [-0.15, -0.1) is 0 Å². The van der Waals surface area contributed by atoms with E-state index in [1.54, 1.807) is 0 Å². The van der Waals surface area contributed by atoms with Gasteiger partial charge in [0.05, 0.1) is 0 Å². The third-order valence-corrected chi connectivity index (χ3v) is 3.82. The Hall–Kier alpha value is -1.52. The molecule has 0 bridgehead atoms. The lowest BCUT2D eigenvalue weighted by Gasteiger charge is -2.05. The van der Waals surface area contributed by atoms with Crippen LogP contribution in [0.3, 0.4) is 0 Å². The molecule has 3 rings (SSSR count). The van der Waals surface area contributed by atoms with Crippen LogP contribution >= 0.6 is 8.19 Å². The first-order valence-electron chi connectivity index (χ1n) is 5.01. The summed E-state index contributed by atoms with van der Waals surface area (Å²) in [5.74, 6) is 0. The number of rotatable bonds is 1. The van der Waals surface area contributed by atoms with Gasteiger partial charge in [0.25, 0.3) is 0 Å². The van der Waals surface area contributed by atoms with E-state index in [4.69, 9.17) is 0 Å². The Kier molecular flexibility index (Phi) is 2.08. The molecule has 0 spiro atoms. The van der Waals surface area contributed by atoms with Crippen molar-refractivity contribution in [3.63, 3.8) is 0 Å². The molecule has 0 unspecified atom stereocenters. The van der Waals surface area contributed by atoms with E-state index in [2.05, 4.69) is 60.7 Å². The summed E-state index contributed by atoms with van der Waals surface area (Å²) in [5, 5.41) is 4.17. The van der Waals surface area contributed by atoms with Gasteiger partial charge in [0.1, 0.15) is 0 Å². The largest absolute Gasteiger partial charge is 0.514 e. The van der Waals surface area contributed by atoms with Crippen LogP contribution in [-0.2, 0) is 0 Å². The lowest BCUT2D eigenvalue weighted by Crippen LogP contribution is -1.67. The van der Waals surface area contributed by atoms with Crippen LogP contribution in [0.5, 0.6) is 0 Å². The van der Waals surface area contributed by atoms with E-state index in [9.17, 15) is 0 Å². The van der Waals surface area contributed by atoms with E-state index in [1.807, 2.05) is 0 Å². The third-order valence-electron chi connectivity index (χ3n) is 2.54. The topological polar surface area (TPSA) is 0 Å². The predicted molar refractivity (Wildman–Crippen MR) is 67.5 cm³/mol. The Morgan fingerprint density at radius 1 is 0.733 bits per heavy atom. The molecule has 0 saturated heterocycles. The van der Waals surface area contributed by atoms with Gasteiger partial charge in [0.15, 0.2) is 0 Å². The van der Waals surface area contributed by atoms with Crippen molar-refractivity contribution >= 4 is 18.7 Å². The molecule has 0 aliphatic heterocycles. The molecule has 1 heterocycles. The average molecular weight is 209 g/mol. The lowest BCUT2D eigenvalue weighted by molar-refractivity contribution is 1.70. The van der Waals surface area contributed by atoms with Crippen LogP contribution in [-0.4, -0.2) is 0 Å².